The van der Waals surface area contributed by atoms with Crippen LogP contribution in [0.5, 0.6) is 17.4 Å². The van der Waals surface area contributed by atoms with E-state index in [9.17, 15) is 14.0 Å². The third-order valence-electron chi connectivity index (χ3n) is 5.67. The first-order valence-corrected chi connectivity index (χ1v) is 12.2. The fourth-order valence-electron chi connectivity index (χ4n) is 3.88. The number of anilines is 2. The van der Waals surface area contributed by atoms with Crippen molar-refractivity contribution in [1.29, 1.82) is 0 Å². The van der Waals surface area contributed by atoms with Crippen molar-refractivity contribution in [3.8, 4) is 17.4 Å². The van der Waals surface area contributed by atoms with Crippen LogP contribution in [0.1, 0.15) is 5.56 Å². The quantitative estimate of drug-likeness (QED) is 0.127. The second kappa shape index (κ2) is 11.0. The fourth-order valence-corrected chi connectivity index (χ4v) is 4.38. The number of hydrogen-bond acceptors (Lipinski definition) is 7. The van der Waals surface area contributed by atoms with E-state index >= 15 is 0 Å². The Morgan fingerprint density at radius 1 is 0.897 bits per heavy atom. The topological polar surface area (TPSA) is 84.9 Å². The number of nitrogens with zero attached hydrogens (tertiary/aromatic N) is 4. The van der Waals surface area contributed by atoms with E-state index in [1.165, 1.54) is 29.1 Å². The average Bonchev–Trinajstić information content (AvgIpc) is 2.94. The van der Waals surface area contributed by atoms with Gasteiger partial charge < -0.3 is 9.47 Å². The fraction of sp³-hybridized carbons (Fsp3) is 0.0357. The molecule has 4 aromatic rings. The number of hydrogen-bond donors (Lipinski definition) is 0. The Kier molecular flexibility index (Phi) is 7.31. The van der Waals surface area contributed by atoms with Gasteiger partial charge in [-0.05, 0) is 71.9 Å². The summed E-state index contributed by atoms with van der Waals surface area (Å²) in [5, 5.41) is -0.186. The van der Waals surface area contributed by atoms with Gasteiger partial charge in [0, 0.05) is 0 Å². The van der Waals surface area contributed by atoms with Crippen molar-refractivity contribution in [2.45, 2.75) is 0 Å². The maximum absolute atomic E-state index is 14.2. The van der Waals surface area contributed by atoms with Crippen molar-refractivity contribution >= 4 is 58.2 Å². The Labute approximate surface area is 232 Å². The van der Waals surface area contributed by atoms with Crippen LogP contribution < -0.4 is 19.3 Å². The lowest BCUT2D eigenvalue weighted by Crippen LogP contribution is -2.56. The van der Waals surface area contributed by atoms with Crippen LogP contribution in [0.3, 0.4) is 0 Å². The average molecular weight is 561 g/mol. The Hall–Kier alpha value is -4.67. The van der Waals surface area contributed by atoms with E-state index in [-0.39, 0.29) is 27.5 Å². The molecule has 1 aromatic heterocycles. The predicted molar refractivity (Wildman–Crippen MR) is 148 cm³/mol. The normalized spacial score (nSPS) is 13.5. The third-order valence-corrected chi connectivity index (χ3v) is 6.21. The van der Waals surface area contributed by atoms with Gasteiger partial charge in [-0.2, -0.15) is 9.37 Å². The number of para-hydroxylation sites is 2. The van der Waals surface area contributed by atoms with Crippen LogP contribution in [0.4, 0.5) is 15.8 Å². The van der Waals surface area contributed by atoms with Crippen molar-refractivity contribution in [2.75, 3.05) is 16.9 Å². The maximum atomic E-state index is 14.2. The van der Waals surface area contributed by atoms with Crippen LogP contribution in [-0.2, 0) is 9.59 Å². The van der Waals surface area contributed by atoms with Gasteiger partial charge in [0.05, 0.1) is 24.7 Å². The van der Waals surface area contributed by atoms with Gasteiger partial charge in [-0.25, -0.2) is 4.98 Å². The predicted octanol–water partition coefficient (Wildman–Crippen LogP) is 5.82. The molecule has 0 radical (unpaired) electrons. The summed E-state index contributed by atoms with van der Waals surface area (Å²) in [4.78, 5) is 37.3. The van der Waals surface area contributed by atoms with Gasteiger partial charge in [-0.1, -0.05) is 42.5 Å². The van der Waals surface area contributed by atoms with Gasteiger partial charge in [0.25, 0.3) is 17.7 Å². The summed E-state index contributed by atoms with van der Waals surface area (Å²) in [6.45, 7) is 0. The molecule has 0 bridgehead atoms. The smallest absolute Gasteiger partial charge is 0.270 e. The van der Waals surface area contributed by atoms with Crippen LogP contribution in [-0.4, -0.2) is 34.0 Å². The van der Waals surface area contributed by atoms with E-state index in [0.717, 1.165) is 6.20 Å². The highest BCUT2D eigenvalue weighted by molar-refractivity contribution is 7.81. The molecule has 194 valence electrons. The number of aromatic nitrogens is 2. The van der Waals surface area contributed by atoms with Crippen molar-refractivity contribution in [2.24, 2.45) is 0 Å². The highest BCUT2D eigenvalue weighted by Gasteiger charge is 2.41. The highest BCUT2D eigenvalue weighted by Crippen LogP contribution is 2.35. The first-order chi connectivity index (χ1) is 18.9. The van der Waals surface area contributed by atoms with Crippen LogP contribution in [0.2, 0.25) is 5.28 Å². The summed E-state index contributed by atoms with van der Waals surface area (Å²) in [5.41, 5.74) is 1.25. The van der Waals surface area contributed by atoms with Crippen LogP contribution in [0, 0.1) is 5.82 Å². The van der Waals surface area contributed by atoms with E-state index in [1.54, 1.807) is 60.7 Å². The molecule has 0 spiro atoms. The number of carbonyl (C=O) groups excluding carboxylic acids is 2. The lowest BCUT2D eigenvalue weighted by molar-refractivity contribution is -0.120. The number of ether oxygens (including phenoxy) is 2. The molecule has 2 heterocycles. The molecule has 11 heteroatoms. The van der Waals surface area contributed by atoms with E-state index in [2.05, 4.69) is 9.97 Å². The zero-order chi connectivity index (χ0) is 27.5. The van der Waals surface area contributed by atoms with Crippen molar-refractivity contribution in [3.63, 3.8) is 0 Å². The van der Waals surface area contributed by atoms with Gasteiger partial charge in [0.1, 0.15) is 5.57 Å². The summed E-state index contributed by atoms with van der Waals surface area (Å²) >= 11 is 11.4. The maximum Gasteiger partial charge on any atom is 0.270 e. The molecule has 0 aliphatic carbocycles. The number of carbonyl (C=O) groups is 2. The first-order valence-electron chi connectivity index (χ1n) is 11.5. The van der Waals surface area contributed by atoms with Crippen molar-refractivity contribution in [1.82, 2.24) is 9.97 Å². The number of rotatable bonds is 6. The van der Waals surface area contributed by atoms with Crippen LogP contribution in [0.15, 0.2) is 90.6 Å². The standard InChI is InChI=1S/C28H18ClFN4O4S/c1-37-22-13-12-17(15-23(22)38-24-21(30)16-31-27(29)32-24)14-20-25(35)33(18-8-4-2-5-9-18)28(39)34(26(20)36)19-10-6-3-7-11-19/h2-16H,1H3. The number of benzene rings is 3. The minimum absolute atomic E-state index is 0.0226. The molecule has 0 saturated carbocycles. The summed E-state index contributed by atoms with van der Waals surface area (Å²) < 4.78 is 25.2. The number of methoxy groups -OCH3 is 1. The van der Waals surface area contributed by atoms with E-state index in [4.69, 9.17) is 33.3 Å². The Morgan fingerprint density at radius 3 is 2.05 bits per heavy atom. The summed E-state index contributed by atoms with van der Waals surface area (Å²) in [6, 6.07) is 22.2. The molecular weight excluding hydrogens is 543 g/mol. The minimum Gasteiger partial charge on any atom is -0.493 e. The van der Waals surface area contributed by atoms with Gasteiger partial charge in [0.15, 0.2) is 16.6 Å². The first kappa shape index (κ1) is 26.0. The molecule has 3 aromatic carbocycles. The molecule has 0 N–H and O–H groups in total. The molecule has 0 atom stereocenters. The van der Waals surface area contributed by atoms with Crippen LogP contribution >= 0.6 is 23.8 Å². The van der Waals surface area contributed by atoms with Crippen molar-refractivity contribution in [3.05, 3.63) is 107 Å². The molecule has 8 nitrogen and oxygen atoms in total. The third kappa shape index (κ3) is 5.20. The minimum atomic E-state index is -0.839. The monoisotopic (exact) mass is 560 g/mol. The van der Waals surface area contributed by atoms with Gasteiger partial charge in [-0.3, -0.25) is 19.4 Å². The zero-order valence-corrected chi connectivity index (χ0v) is 21.8. The molecule has 0 unspecified atom stereocenters. The molecule has 1 aliphatic rings. The lowest BCUT2D eigenvalue weighted by Gasteiger charge is -2.36. The van der Waals surface area contributed by atoms with E-state index in [0.29, 0.717) is 16.9 Å². The molecule has 1 aliphatic heterocycles. The second-order valence-electron chi connectivity index (χ2n) is 8.10. The van der Waals surface area contributed by atoms with E-state index < -0.39 is 23.5 Å². The molecular formula is C28H18ClFN4O4S. The number of halogens is 2. The molecule has 5 rings (SSSR count). The Bertz CT molecular complexity index is 1560. The van der Waals surface area contributed by atoms with Gasteiger partial charge in [-0.15, -0.1) is 0 Å². The number of amides is 2. The van der Waals surface area contributed by atoms with Crippen LogP contribution in [0.25, 0.3) is 6.08 Å². The number of thiocarbonyl (C=S) groups is 1. The Morgan fingerprint density at radius 2 is 1.49 bits per heavy atom. The summed E-state index contributed by atoms with van der Waals surface area (Å²) in [5.74, 6) is -2.13. The lowest BCUT2D eigenvalue weighted by atomic mass is 10.0. The molecule has 1 fully saturated rings. The Balaban J connectivity index is 1.60. The SMILES string of the molecule is COc1ccc(C=C2C(=O)N(c3ccccc3)C(=S)N(c3ccccc3)C2=O)cc1Oc1nc(Cl)ncc1F. The van der Waals surface area contributed by atoms with Gasteiger partial charge in [0.2, 0.25) is 11.1 Å². The summed E-state index contributed by atoms with van der Waals surface area (Å²) in [7, 11) is 1.41. The summed E-state index contributed by atoms with van der Waals surface area (Å²) in [6.07, 6.45) is 2.29. The molecule has 39 heavy (non-hydrogen) atoms. The van der Waals surface area contributed by atoms with Crippen molar-refractivity contribution < 1.29 is 23.5 Å². The largest absolute Gasteiger partial charge is 0.493 e. The second-order valence-corrected chi connectivity index (χ2v) is 8.80. The molecule has 2 amide bonds. The van der Waals surface area contributed by atoms with Gasteiger partial charge >= 0.3 is 0 Å². The molecule has 1 saturated heterocycles. The zero-order valence-electron chi connectivity index (χ0n) is 20.2. The highest BCUT2D eigenvalue weighted by atomic mass is 35.5. The van der Waals surface area contributed by atoms with E-state index in [1.807, 2.05) is 12.1 Å².